The van der Waals surface area contributed by atoms with Gasteiger partial charge in [0.1, 0.15) is 16.5 Å². The van der Waals surface area contributed by atoms with Crippen LogP contribution >= 0.6 is 0 Å². The summed E-state index contributed by atoms with van der Waals surface area (Å²) in [5, 5.41) is 3.89. The molecule has 0 amide bonds. The molecule has 0 spiro atoms. The Morgan fingerprint density at radius 1 is 1.12 bits per heavy atom. The predicted molar refractivity (Wildman–Crippen MR) is 87.6 cm³/mol. The van der Waals surface area contributed by atoms with Gasteiger partial charge in [-0.15, -0.1) is 5.10 Å². The molecular weight excluding hydrogens is 333 g/mol. The van der Waals surface area contributed by atoms with Crippen molar-refractivity contribution in [2.45, 2.75) is 4.90 Å². The monoisotopic (exact) mass is 347 g/mol. The summed E-state index contributed by atoms with van der Waals surface area (Å²) in [7, 11) is -2.59. The molecule has 3 rings (SSSR count). The van der Waals surface area contributed by atoms with Gasteiger partial charge in [0.25, 0.3) is 10.0 Å². The van der Waals surface area contributed by atoms with Crippen molar-refractivity contribution in [1.82, 2.24) is 9.19 Å². The van der Waals surface area contributed by atoms with Gasteiger partial charge in [0, 0.05) is 5.56 Å². The Labute approximate surface area is 138 Å². The SMILES string of the molecule is COc1ccccc1S(=O)(=O)n1cc(-c2ccc(F)cc2)c(N)n1. The molecule has 1 aromatic heterocycles. The van der Waals surface area contributed by atoms with Crippen LogP contribution in [0, 0.1) is 5.82 Å². The highest BCUT2D eigenvalue weighted by atomic mass is 32.2. The van der Waals surface area contributed by atoms with E-state index in [0.29, 0.717) is 11.1 Å². The molecule has 0 unspecified atom stereocenters. The van der Waals surface area contributed by atoms with Gasteiger partial charge in [-0.05, 0) is 29.8 Å². The van der Waals surface area contributed by atoms with Crippen molar-refractivity contribution < 1.29 is 17.5 Å². The Morgan fingerprint density at radius 3 is 2.46 bits per heavy atom. The fraction of sp³-hybridized carbons (Fsp3) is 0.0625. The highest BCUT2D eigenvalue weighted by Crippen LogP contribution is 2.29. The lowest BCUT2D eigenvalue weighted by Crippen LogP contribution is -2.14. The van der Waals surface area contributed by atoms with E-state index in [9.17, 15) is 12.8 Å². The number of nitrogen functional groups attached to an aromatic ring is 1. The van der Waals surface area contributed by atoms with Crippen LogP contribution in [0.15, 0.2) is 59.6 Å². The van der Waals surface area contributed by atoms with E-state index in [0.717, 1.165) is 4.09 Å². The summed E-state index contributed by atoms with van der Waals surface area (Å²) in [6.45, 7) is 0. The molecule has 1 heterocycles. The van der Waals surface area contributed by atoms with Crippen LogP contribution in [-0.4, -0.2) is 24.7 Å². The van der Waals surface area contributed by atoms with Gasteiger partial charge in [-0.1, -0.05) is 24.3 Å². The minimum absolute atomic E-state index is 0.0272. The molecule has 24 heavy (non-hydrogen) atoms. The Balaban J connectivity index is 2.10. The zero-order valence-electron chi connectivity index (χ0n) is 12.7. The molecule has 0 aliphatic rings. The molecule has 0 saturated heterocycles. The number of anilines is 1. The maximum Gasteiger partial charge on any atom is 0.286 e. The maximum atomic E-state index is 13.0. The van der Waals surface area contributed by atoms with E-state index in [1.54, 1.807) is 18.2 Å². The lowest BCUT2D eigenvalue weighted by atomic mass is 10.1. The van der Waals surface area contributed by atoms with Crippen LogP contribution in [0.1, 0.15) is 0 Å². The molecule has 0 atom stereocenters. The van der Waals surface area contributed by atoms with E-state index in [1.165, 1.54) is 43.6 Å². The zero-order chi connectivity index (χ0) is 17.3. The number of halogens is 1. The molecule has 3 aromatic rings. The fourth-order valence-corrected chi connectivity index (χ4v) is 3.57. The third-order valence-corrected chi connectivity index (χ3v) is 5.04. The minimum atomic E-state index is -3.97. The highest BCUT2D eigenvalue weighted by molar-refractivity contribution is 7.90. The first kappa shape index (κ1) is 16.0. The van der Waals surface area contributed by atoms with Crippen LogP contribution in [0.3, 0.4) is 0 Å². The van der Waals surface area contributed by atoms with Crippen LogP contribution in [0.4, 0.5) is 10.2 Å². The number of hydrogen-bond acceptors (Lipinski definition) is 5. The Bertz CT molecular complexity index is 982. The molecular formula is C16H14FN3O3S. The second-order valence-electron chi connectivity index (χ2n) is 4.96. The van der Waals surface area contributed by atoms with Gasteiger partial charge in [-0.2, -0.15) is 12.5 Å². The highest BCUT2D eigenvalue weighted by Gasteiger charge is 2.24. The second-order valence-corrected chi connectivity index (χ2v) is 6.73. The third-order valence-electron chi connectivity index (χ3n) is 3.47. The Morgan fingerprint density at radius 2 is 1.79 bits per heavy atom. The third kappa shape index (κ3) is 2.71. The van der Waals surface area contributed by atoms with E-state index in [2.05, 4.69) is 5.10 Å². The molecule has 2 N–H and O–H groups in total. The molecule has 0 fully saturated rings. The van der Waals surface area contributed by atoms with Crippen LogP contribution in [0.5, 0.6) is 5.75 Å². The topological polar surface area (TPSA) is 87.2 Å². The average Bonchev–Trinajstić information content (AvgIpc) is 2.98. The second kappa shape index (κ2) is 5.97. The maximum absolute atomic E-state index is 13.0. The number of nitrogens with two attached hydrogens (primary N) is 1. The van der Waals surface area contributed by atoms with Gasteiger partial charge in [0.15, 0.2) is 5.82 Å². The molecule has 6 nitrogen and oxygen atoms in total. The van der Waals surface area contributed by atoms with E-state index < -0.39 is 15.8 Å². The van der Waals surface area contributed by atoms with E-state index in [-0.39, 0.29) is 16.5 Å². The van der Waals surface area contributed by atoms with Crippen molar-refractivity contribution in [2.75, 3.05) is 12.8 Å². The standard InChI is InChI=1S/C16H14FN3O3S/c1-23-14-4-2-3-5-15(14)24(21,22)20-10-13(16(18)19-20)11-6-8-12(17)9-7-11/h2-10H,1H3,(H2,18,19). The van der Waals surface area contributed by atoms with Crippen molar-refractivity contribution >= 4 is 15.8 Å². The summed E-state index contributed by atoms with van der Waals surface area (Å²) in [6.07, 6.45) is 1.30. The number of benzene rings is 2. The lowest BCUT2D eigenvalue weighted by Gasteiger charge is -2.08. The quantitative estimate of drug-likeness (QED) is 0.783. The average molecular weight is 347 g/mol. The van der Waals surface area contributed by atoms with Gasteiger partial charge in [0.2, 0.25) is 0 Å². The van der Waals surface area contributed by atoms with Crippen LogP contribution in [-0.2, 0) is 10.0 Å². The van der Waals surface area contributed by atoms with Crippen molar-refractivity contribution in [3.63, 3.8) is 0 Å². The number of hydrogen-bond donors (Lipinski definition) is 1. The van der Waals surface area contributed by atoms with Crippen LogP contribution in [0.2, 0.25) is 0 Å². The Kier molecular flexibility index (Phi) is 3.98. The smallest absolute Gasteiger partial charge is 0.286 e. The van der Waals surface area contributed by atoms with E-state index >= 15 is 0 Å². The number of aromatic nitrogens is 2. The number of rotatable bonds is 4. The lowest BCUT2D eigenvalue weighted by molar-refractivity contribution is 0.402. The molecule has 124 valence electrons. The number of methoxy groups -OCH3 is 1. The van der Waals surface area contributed by atoms with Crippen molar-refractivity contribution in [3.8, 4) is 16.9 Å². The predicted octanol–water partition coefficient (Wildman–Crippen LogP) is 2.52. The van der Waals surface area contributed by atoms with E-state index in [4.69, 9.17) is 10.5 Å². The van der Waals surface area contributed by atoms with Crippen LogP contribution < -0.4 is 10.5 Å². The van der Waals surface area contributed by atoms with Gasteiger partial charge < -0.3 is 10.5 Å². The summed E-state index contributed by atoms with van der Waals surface area (Å²) >= 11 is 0. The summed E-state index contributed by atoms with van der Waals surface area (Å²) < 4.78 is 44.5. The summed E-state index contributed by atoms with van der Waals surface area (Å²) in [6, 6.07) is 11.7. The number of para-hydroxylation sites is 1. The molecule has 2 aromatic carbocycles. The summed E-state index contributed by atoms with van der Waals surface area (Å²) in [5.74, 6) is -0.165. The first-order valence-electron chi connectivity index (χ1n) is 6.93. The van der Waals surface area contributed by atoms with Crippen molar-refractivity contribution in [1.29, 1.82) is 0 Å². The first-order chi connectivity index (χ1) is 11.4. The van der Waals surface area contributed by atoms with Gasteiger partial charge in [-0.25, -0.2) is 4.39 Å². The van der Waals surface area contributed by atoms with E-state index in [1.807, 2.05) is 0 Å². The molecule has 0 saturated carbocycles. The summed E-state index contributed by atoms with van der Waals surface area (Å²) in [4.78, 5) is -0.0272. The first-order valence-corrected chi connectivity index (χ1v) is 8.37. The van der Waals surface area contributed by atoms with Crippen molar-refractivity contribution in [2.24, 2.45) is 0 Å². The molecule has 0 aliphatic heterocycles. The fourth-order valence-electron chi connectivity index (χ4n) is 2.27. The number of ether oxygens (including phenoxy) is 1. The molecule has 0 aliphatic carbocycles. The van der Waals surface area contributed by atoms with Crippen molar-refractivity contribution in [3.05, 3.63) is 60.5 Å². The molecule has 0 bridgehead atoms. The van der Waals surface area contributed by atoms with Gasteiger partial charge >= 0.3 is 0 Å². The largest absolute Gasteiger partial charge is 0.495 e. The van der Waals surface area contributed by atoms with Gasteiger partial charge in [0.05, 0.1) is 13.3 Å². The molecule has 8 heteroatoms. The minimum Gasteiger partial charge on any atom is -0.495 e. The zero-order valence-corrected chi connectivity index (χ0v) is 13.5. The summed E-state index contributed by atoms with van der Waals surface area (Å²) in [5.41, 5.74) is 6.80. The molecule has 0 radical (unpaired) electrons. The normalized spacial score (nSPS) is 11.4. The Hall–Kier alpha value is -2.87. The van der Waals surface area contributed by atoms with Gasteiger partial charge in [-0.3, -0.25) is 0 Å². The van der Waals surface area contributed by atoms with Crippen LogP contribution in [0.25, 0.3) is 11.1 Å². The number of nitrogens with zero attached hydrogens (tertiary/aromatic N) is 2.